The van der Waals surface area contributed by atoms with E-state index >= 15 is 0 Å². The van der Waals surface area contributed by atoms with Crippen molar-refractivity contribution in [1.82, 2.24) is 18.9 Å². The number of aromatic nitrogens is 4. The van der Waals surface area contributed by atoms with Crippen molar-refractivity contribution in [3.8, 4) is 22.6 Å². The van der Waals surface area contributed by atoms with E-state index in [2.05, 4.69) is 10.3 Å². The molecule has 3 aliphatic rings. The third-order valence-electron chi connectivity index (χ3n) is 9.31. The summed E-state index contributed by atoms with van der Waals surface area (Å²) in [5.74, 6) is -0.0250. The van der Waals surface area contributed by atoms with Crippen LogP contribution in [-0.4, -0.2) is 44.5 Å². The van der Waals surface area contributed by atoms with Gasteiger partial charge in [0.15, 0.2) is 11.5 Å². The molecular weight excluding hydrogens is 574 g/mol. The quantitative estimate of drug-likeness (QED) is 0.220. The first-order valence-electron chi connectivity index (χ1n) is 14.9. The van der Waals surface area contributed by atoms with Crippen molar-refractivity contribution in [2.45, 2.75) is 50.5 Å². The topological polar surface area (TPSA) is 127 Å². The molecule has 2 aromatic carbocycles. The van der Waals surface area contributed by atoms with Crippen LogP contribution in [0.2, 0.25) is 0 Å². The first-order valence-corrected chi connectivity index (χ1v) is 16.4. The Morgan fingerprint density at radius 2 is 1.61 bits per heavy atom. The molecule has 0 amide bonds. The number of nitrogens with one attached hydrogen (secondary N) is 1. The summed E-state index contributed by atoms with van der Waals surface area (Å²) in [7, 11) is -4.00. The minimum absolute atomic E-state index is 0.142. The molecule has 8 rings (SSSR count). The number of benzene rings is 2. The molecular formula is C34H33N5O4S. The van der Waals surface area contributed by atoms with Crippen molar-refractivity contribution in [1.29, 1.82) is 0 Å². The van der Waals surface area contributed by atoms with Crippen molar-refractivity contribution in [2.24, 2.45) is 17.8 Å². The van der Waals surface area contributed by atoms with E-state index in [1.54, 1.807) is 43.5 Å². The lowest BCUT2D eigenvalue weighted by Gasteiger charge is -2.47. The van der Waals surface area contributed by atoms with E-state index in [0.29, 0.717) is 39.6 Å². The lowest BCUT2D eigenvalue weighted by atomic mass is 9.61. The molecule has 9 nitrogen and oxygen atoms in total. The van der Waals surface area contributed by atoms with E-state index in [0.717, 1.165) is 36.8 Å². The van der Waals surface area contributed by atoms with Crippen LogP contribution >= 0.6 is 0 Å². The molecule has 3 saturated carbocycles. The maximum absolute atomic E-state index is 14.0. The molecule has 3 aliphatic carbocycles. The van der Waals surface area contributed by atoms with E-state index < -0.39 is 21.9 Å². The van der Waals surface area contributed by atoms with Crippen LogP contribution < -0.4 is 5.32 Å². The summed E-state index contributed by atoms with van der Waals surface area (Å²) in [5, 5.41) is 14.3. The number of nitrogens with zero attached hydrogens (tertiary/aromatic N) is 4. The fraction of sp³-hybridized carbons (Fsp3) is 0.294. The smallest absolute Gasteiger partial charge is 0.308 e. The van der Waals surface area contributed by atoms with E-state index in [-0.39, 0.29) is 22.8 Å². The number of hydrogen-bond donors (Lipinski definition) is 2. The molecule has 0 spiro atoms. The Hall–Kier alpha value is -4.57. The van der Waals surface area contributed by atoms with Gasteiger partial charge < -0.3 is 10.4 Å². The van der Waals surface area contributed by atoms with Crippen molar-refractivity contribution < 1.29 is 18.3 Å². The molecule has 10 heteroatoms. The monoisotopic (exact) mass is 607 g/mol. The number of carboxylic acid groups (broad SMARTS) is 1. The number of hydrogen-bond acceptors (Lipinski definition) is 7. The number of fused-ring (bicyclic) bond motifs is 4. The molecule has 5 aromatic rings. The Labute approximate surface area is 256 Å². The number of aryl methyl sites for hydroxylation is 1. The van der Waals surface area contributed by atoms with Crippen LogP contribution in [-0.2, 0) is 14.8 Å². The number of carboxylic acids is 1. The number of carbonyl (C=O) groups is 1. The normalized spacial score (nSPS) is 21.4. The Morgan fingerprint density at radius 3 is 2.32 bits per heavy atom. The number of rotatable bonds is 7. The van der Waals surface area contributed by atoms with Crippen molar-refractivity contribution in [2.75, 3.05) is 5.32 Å². The van der Waals surface area contributed by atoms with E-state index in [1.165, 1.54) is 3.97 Å². The summed E-state index contributed by atoms with van der Waals surface area (Å²) in [5.41, 5.74) is 3.77. The maximum atomic E-state index is 14.0. The highest BCUT2D eigenvalue weighted by Gasteiger charge is 2.47. The molecule has 3 heterocycles. The third-order valence-corrected chi connectivity index (χ3v) is 11.1. The minimum Gasteiger partial charge on any atom is -0.481 e. The van der Waals surface area contributed by atoms with Crippen molar-refractivity contribution >= 4 is 32.8 Å². The van der Waals surface area contributed by atoms with Gasteiger partial charge in [-0.15, -0.1) is 0 Å². The lowest BCUT2D eigenvalue weighted by molar-refractivity contribution is -0.148. The summed E-state index contributed by atoms with van der Waals surface area (Å²) in [4.78, 5) is 27.0. The van der Waals surface area contributed by atoms with Crippen LogP contribution in [0, 0.1) is 31.6 Å². The van der Waals surface area contributed by atoms with Gasteiger partial charge in [0.1, 0.15) is 5.82 Å². The van der Waals surface area contributed by atoms with Gasteiger partial charge in [-0.1, -0.05) is 48.0 Å². The molecule has 44 heavy (non-hydrogen) atoms. The third kappa shape index (κ3) is 4.73. The Morgan fingerprint density at radius 1 is 0.909 bits per heavy atom. The fourth-order valence-corrected chi connectivity index (χ4v) is 8.69. The highest BCUT2D eigenvalue weighted by atomic mass is 32.2. The molecule has 3 aromatic heterocycles. The van der Waals surface area contributed by atoms with Gasteiger partial charge in [0.25, 0.3) is 10.0 Å². The van der Waals surface area contributed by atoms with E-state index in [9.17, 15) is 18.3 Å². The van der Waals surface area contributed by atoms with Gasteiger partial charge in [0.05, 0.1) is 22.1 Å². The summed E-state index contributed by atoms with van der Waals surface area (Å²) in [6.07, 6.45) is 5.43. The molecule has 2 unspecified atom stereocenters. The highest BCUT2D eigenvalue weighted by molar-refractivity contribution is 7.90. The molecule has 0 saturated heterocycles. The molecule has 2 bridgehead atoms. The lowest BCUT2D eigenvalue weighted by Crippen LogP contribution is -2.51. The van der Waals surface area contributed by atoms with Crippen LogP contribution in [0.5, 0.6) is 0 Å². The SMILES string of the molecule is Cc1ccc(S(=O)(=O)n2c(C)c(-c3nc(NC4C5CCC(CC5)C4C(=O)O)cc(-c4ccccc4)n3)c3cccnc32)cc1. The number of aliphatic carboxylic acids is 1. The van der Waals surface area contributed by atoms with E-state index in [1.807, 2.05) is 49.4 Å². The van der Waals surface area contributed by atoms with Crippen molar-refractivity contribution in [3.05, 3.63) is 90.3 Å². The Kier molecular flexibility index (Phi) is 6.96. The zero-order valence-electron chi connectivity index (χ0n) is 24.5. The van der Waals surface area contributed by atoms with Gasteiger partial charge in [-0.2, -0.15) is 0 Å². The zero-order valence-corrected chi connectivity index (χ0v) is 25.3. The van der Waals surface area contributed by atoms with Crippen molar-refractivity contribution in [3.63, 3.8) is 0 Å². The van der Waals surface area contributed by atoms with Crippen LogP contribution in [0.4, 0.5) is 5.82 Å². The molecule has 0 radical (unpaired) electrons. The van der Waals surface area contributed by atoms with Crippen LogP contribution in [0.1, 0.15) is 36.9 Å². The molecule has 3 fully saturated rings. The first-order chi connectivity index (χ1) is 21.2. The molecule has 2 N–H and O–H groups in total. The maximum Gasteiger partial charge on any atom is 0.308 e. The second-order valence-electron chi connectivity index (χ2n) is 12.0. The summed E-state index contributed by atoms with van der Waals surface area (Å²) in [6, 6.07) is 21.7. The van der Waals surface area contributed by atoms with Gasteiger partial charge >= 0.3 is 5.97 Å². The van der Waals surface area contributed by atoms with Crippen LogP contribution in [0.3, 0.4) is 0 Å². The van der Waals surface area contributed by atoms with Crippen LogP contribution in [0.15, 0.2) is 83.9 Å². The predicted molar refractivity (Wildman–Crippen MR) is 169 cm³/mol. The predicted octanol–water partition coefficient (Wildman–Crippen LogP) is 6.32. The molecule has 224 valence electrons. The minimum atomic E-state index is -4.00. The average Bonchev–Trinajstić information content (AvgIpc) is 3.34. The number of anilines is 1. The van der Waals surface area contributed by atoms with Gasteiger partial charge in [-0.05, 0) is 75.6 Å². The second kappa shape index (κ2) is 10.9. The largest absolute Gasteiger partial charge is 0.481 e. The van der Waals surface area contributed by atoms with Gasteiger partial charge in [-0.25, -0.2) is 27.3 Å². The second-order valence-corrected chi connectivity index (χ2v) is 13.7. The highest BCUT2D eigenvalue weighted by Crippen LogP contribution is 2.46. The number of pyridine rings is 1. The van der Waals surface area contributed by atoms with Gasteiger partial charge in [0, 0.05) is 34.9 Å². The van der Waals surface area contributed by atoms with Gasteiger partial charge in [-0.3, -0.25) is 4.79 Å². The molecule has 0 aliphatic heterocycles. The zero-order chi connectivity index (χ0) is 30.6. The molecule has 2 atom stereocenters. The Balaban J connectivity index is 1.41. The average molecular weight is 608 g/mol. The fourth-order valence-electron chi connectivity index (χ4n) is 7.17. The Bertz CT molecular complexity index is 1980. The summed E-state index contributed by atoms with van der Waals surface area (Å²) in [6.45, 7) is 3.65. The summed E-state index contributed by atoms with van der Waals surface area (Å²) >= 11 is 0. The standard InChI is InChI=1S/C34H33N5O4S/c1-20-10-16-25(17-11-20)44(42,43)39-21(2)29(26-9-6-18-35-33(26)39)32-36-27(22-7-4-3-5-8-22)19-28(38-32)37-31-24-14-12-23(13-15-24)30(31)34(40)41/h3-11,16-19,23-24,30-31H,12-15H2,1-2H3,(H,40,41)(H,36,37,38). The summed E-state index contributed by atoms with van der Waals surface area (Å²) < 4.78 is 29.3. The van der Waals surface area contributed by atoms with E-state index in [4.69, 9.17) is 9.97 Å². The van der Waals surface area contributed by atoms with Crippen LogP contribution in [0.25, 0.3) is 33.7 Å². The first kappa shape index (κ1) is 28.2. The van der Waals surface area contributed by atoms with Gasteiger partial charge in [0.2, 0.25) is 0 Å².